The number of ether oxygens (including phenoxy) is 1. The first-order valence-corrected chi connectivity index (χ1v) is 4.34. The van der Waals surface area contributed by atoms with E-state index in [1.165, 1.54) is 0 Å². The zero-order chi connectivity index (χ0) is 9.84. The van der Waals surface area contributed by atoms with Gasteiger partial charge in [0.25, 0.3) is 0 Å². The third-order valence-corrected chi connectivity index (χ3v) is 1.76. The zero-order valence-electron chi connectivity index (χ0n) is 8.08. The molecule has 0 bridgehead atoms. The smallest absolute Gasteiger partial charge is 0.352 e. The lowest BCUT2D eigenvalue weighted by Crippen LogP contribution is -2.42. The minimum Gasteiger partial charge on any atom is -0.376 e. The van der Waals surface area contributed by atoms with Crippen LogP contribution in [0, 0.1) is 0 Å². The molecule has 0 spiro atoms. The van der Waals surface area contributed by atoms with Crippen LogP contribution in [-0.2, 0) is 14.4 Å². The van der Waals surface area contributed by atoms with Crippen LogP contribution in [-0.4, -0.2) is 36.8 Å². The van der Waals surface area contributed by atoms with Crippen LogP contribution < -0.4 is 0 Å². The monoisotopic (exact) mass is 185 g/mol. The van der Waals surface area contributed by atoms with Crippen molar-refractivity contribution in [3.05, 3.63) is 12.2 Å². The van der Waals surface area contributed by atoms with E-state index in [0.29, 0.717) is 25.3 Å². The number of morpholine rings is 1. The molecule has 1 fully saturated rings. The van der Waals surface area contributed by atoms with Gasteiger partial charge in [0.2, 0.25) is 0 Å². The van der Waals surface area contributed by atoms with Gasteiger partial charge in [-0.05, 0) is 13.8 Å². The van der Waals surface area contributed by atoms with Crippen molar-refractivity contribution in [2.75, 3.05) is 19.7 Å². The van der Waals surface area contributed by atoms with Crippen molar-refractivity contribution in [3.63, 3.8) is 0 Å². The second-order valence-electron chi connectivity index (χ2n) is 3.23. The van der Waals surface area contributed by atoms with Crippen molar-refractivity contribution >= 4 is 5.97 Å². The Morgan fingerprint density at radius 3 is 2.92 bits per heavy atom. The Morgan fingerprint density at radius 2 is 2.38 bits per heavy atom. The molecule has 0 aromatic rings. The molecule has 0 amide bonds. The first-order valence-electron chi connectivity index (χ1n) is 4.34. The third kappa shape index (κ3) is 3.16. The third-order valence-electron chi connectivity index (χ3n) is 1.76. The van der Waals surface area contributed by atoms with Crippen molar-refractivity contribution in [1.82, 2.24) is 5.06 Å². The summed E-state index contributed by atoms with van der Waals surface area (Å²) >= 11 is 0. The molecule has 1 heterocycles. The zero-order valence-corrected chi connectivity index (χ0v) is 8.08. The van der Waals surface area contributed by atoms with Gasteiger partial charge >= 0.3 is 5.97 Å². The lowest BCUT2D eigenvalue weighted by atomic mass is 10.3. The lowest BCUT2D eigenvalue weighted by molar-refractivity contribution is -0.209. The highest BCUT2D eigenvalue weighted by atomic mass is 16.7. The highest BCUT2D eigenvalue weighted by Crippen LogP contribution is 2.06. The van der Waals surface area contributed by atoms with Gasteiger partial charge < -0.3 is 9.57 Å². The minimum atomic E-state index is -0.367. The van der Waals surface area contributed by atoms with E-state index >= 15 is 0 Å². The molecule has 1 rings (SSSR count). The van der Waals surface area contributed by atoms with Crippen LogP contribution in [0.2, 0.25) is 0 Å². The Kier molecular flexibility index (Phi) is 3.45. The fraction of sp³-hybridized carbons (Fsp3) is 0.667. The Morgan fingerprint density at radius 1 is 1.69 bits per heavy atom. The minimum absolute atomic E-state index is 0.117. The number of carbonyl (C=O) groups is 1. The number of rotatable bonds is 2. The second-order valence-corrected chi connectivity index (χ2v) is 3.23. The Balaban J connectivity index is 2.36. The van der Waals surface area contributed by atoms with Gasteiger partial charge in [-0.2, -0.15) is 0 Å². The lowest BCUT2D eigenvalue weighted by Gasteiger charge is -2.29. The van der Waals surface area contributed by atoms with Crippen LogP contribution >= 0.6 is 0 Å². The molecule has 0 aromatic carbocycles. The molecule has 1 unspecified atom stereocenters. The molecule has 1 aliphatic rings. The van der Waals surface area contributed by atoms with Crippen molar-refractivity contribution < 1.29 is 14.4 Å². The molecular weight excluding hydrogens is 170 g/mol. The normalized spacial score (nSPS) is 24.0. The van der Waals surface area contributed by atoms with Crippen LogP contribution in [0.4, 0.5) is 0 Å². The van der Waals surface area contributed by atoms with E-state index < -0.39 is 0 Å². The summed E-state index contributed by atoms with van der Waals surface area (Å²) in [4.78, 5) is 16.2. The summed E-state index contributed by atoms with van der Waals surface area (Å²) in [6.45, 7) is 8.94. The molecule has 0 radical (unpaired) electrons. The Hall–Kier alpha value is -0.870. The van der Waals surface area contributed by atoms with Crippen LogP contribution in [0.5, 0.6) is 0 Å². The van der Waals surface area contributed by atoms with E-state index in [1.54, 1.807) is 12.0 Å². The maximum atomic E-state index is 11.1. The average Bonchev–Trinajstić information content (AvgIpc) is 2.04. The standard InChI is InChI=1S/C9H15NO3/c1-7(2)9(11)13-10-4-5-12-8(3)6-10/h8H,1,4-6H2,2-3H3. The Bertz CT molecular complexity index is 215. The van der Waals surface area contributed by atoms with Gasteiger partial charge in [0.1, 0.15) is 0 Å². The molecule has 0 saturated carbocycles. The summed E-state index contributed by atoms with van der Waals surface area (Å²) in [7, 11) is 0. The fourth-order valence-corrected chi connectivity index (χ4v) is 1.06. The molecule has 0 aromatic heterocycles. The highest BCUT2D eigenvalue weighted by molar-refractivity contribution is 5.86. The van der Waals surface area contributed by atoms with E-state index in [0.717, 1.165) is 0 Å². The number of hydroxylamine groups is 2. The largest absolute Gasteiger partial charge is 0.376 e. The quantitative estimate of drug-likeness (QED) is 0.595. The number of nitrogens with zero attached hydrogens (tertiary/aromatic N) is 1. The van der Waals surface area contributed by atoms with Crippen LogP contribution in [0.15, 0.2) is 12.2 Å². The summed E-state index contributed by atoms with van der Waals surface area (Å²) in [6, 6.07) is 0. The predicted octanol–water partition coefficient (Wildman–Crippen LogP) is 0.741. The average molecular weight is 185 g/mol. The van der Waals surface area contributed by atoms with E-state index in [4.69, 9.17) is 9.57 Å². The summed E-state index contributed by atoms with van der Waals surface area (Å²) < 4.78 is 5.29. The molecule has 1 saturated heterocycles. The number of hydrogen-bond acceptors (Lipinski definition) is 4. The fourth-order valence-electron chi connectivity index (χ4n) is 1.06. The van der Waals surface area contributed by atoms with Gasteiger partial charge in [0.15, 0.2) is 0 Å². The molecule has 4 nitrogen and oxygen atoms in total. The SMILES string of the molecule is C=C(C)C(=O)ON1CCOC(C)C1. The summed E-state index contributed by atoms with van der Waals surface area (Å²) in [6.07, 6.45) is 0.117. The van der Waals surface area contributed by atoms with E-state index in [9.17, 15) is 4.79 Å². The summed E-state index contributed by atoms with van der Waals surface area (Å²) in [5.41, 5.74) is 0.416. The van der Waals surface area contributed by atoms with E-state index in [-0.39, 0.29) is 12.1 Å². The number of carbonyl (C=O) groups excluding carboxylic acids is 1. The maximum Gasteiger partial charge on any atom is 0.352 e. The first kappa shape index (κ1) is 10.2. The second kappa shape index (κ2) is 4.39. The molecular formula is C9H15NO3. The van der Waals surface area contributed by atoms with Gasteiger partial charge in [0.05, 0.1) is 25.8 Å². The topological polar surface area (TPSA) is 38.8 Å². The Labute approximate surface area is 78.1 Å². The summed E-state index contributed by atoms with van der Waals surface area (Å²) in [5, 5.41) is 1.62. The maximum absolute atomic E-state index is 11.1. The van der Waals surface area contributed by atoms with Crippen LogP contribution in [0.1, 0.15) is 13.8 Å². The number of hydrogen-bond donors (Lipinski definition) is 0. The van der Waals surface area contributed by atoms with Gasteiger partial charge in [-0.15, -0.1) is 5.06 Å². The molecule has 74 valence electrons. The van der Waals surface area contributed by atoms with Crippen molar-refractivity contribution in [2.24, 2.45) is 0 Å². The van der Waals surface area contributed by atoms with Gasteiger partial charge in [-0.25, -0.2) is 4.79 Å². The van der Waals surface area contributed by atoms with E-state index in [1.807, 2.05) is 6.92 Å². The van der Waals surface area contributed by atoms with Gasteiger partial charge in [-0.1, -0.05) is 6.58 Å². The molecule has 1 aliphatic heterocycles. The first-order chi connectivity index (χ1) is 6.09. The summed E-state index contributed by atoms with van der Waals surface area (Å²) in [5.74, 6) is -0.367. The van der Waals surface area contributed by atoms with Crippen molar-refractivity contribution in [3.8, 4) is 0 Å². The van der Waals surface area contributed by atoms with Gasteiger partial charge in [-0.3, -0.25) is 0 Å². The van der Waals surface area contributed by atoms with Crippen molar-refractivity contribution in [1.29, 1.82) is 0 Å². The van der Waals surface area contributed by atoms with Crippen LogP contribution in [0.3, 0.4) is 0 Å². The van der Waals surface area contributed by atoms with Crippen molar-refractivity contribution in [2.45, 2.75) is 20.0 Å². The van der Waals surface area contributed by atoms with E-state index in [2.05, 4.69) is 6.58 Å². The molecule has 0 N–H and O–H groups in total. The highest BCUT2D eigenvalue weighted by Gasteiger charge is 2.20. The molecule has 4 heteroatoms. The van der Waals surface area contributed by atoms with Gasteiger partial charge in [0, 0.05) is 5.57 Å². The molecule has 0 aliphatic carbocycles. The van der Waals surface area contributed by atoms with Crippen LogP contribution in [0.25, 0.3) is 0 Å². The molecule has 1 atom stereocenters. The predicted molar refractivity (Wildman–Crippen MR) is 47.9 cm³/mol. The molecule has 13 heavy (non-hydrogen) atoms.